The van der Waals surface area contributed by atoms with Crippen LogP contribution in [0.1, 0.15) is 0 Å². The average molecular weight is 790 g/mol. The molecule has 13 aromatic rings. The van der Waals surface area contributed by atoms with Crippen LogP contribution in [-0.2, 0) is 0 Å². The van der Waals surface area contributed by atoms with Crippen molar-refractivity contribution in [2.75, 3.05) is 0 Å². The second-order valence-electron chi connectivity index (χ2n) is 16.0. The minimum atomic E-state index is 0.613. The van der Waals surface area contributed by atoms with Crippen LogP contribution in [0.5, 0.6) is 0 Å². The van der Waals surface area contributed by atoms with E-state index in [1.807, 2.05) is 0 Å². The van der Waals surface area contributed by atoms with Crippen LogP contribution in [0, 0.1) is 0 Å². The van der Waals surface area contributed by atoms with Gasteiger partial charge >= 0.3 is 0 Å². The zero-order valence-corrected chi connectivity index (χ0v) is 33.4. The van der Waals surface area contributed by atoms with Gasteiger partial charge in [-0.3, -0.25) is 0 Å². The van der Waals surface area contributed by atoms with Gasteiger partial charge in [-0.05, 0) is 93.0 Å². The molecule has 3 heterocycles. The number of fused-ring (bicyclic) bond motifs is 9. The third-order valence-electron chi connectivity index (χ3n) is 12.5. The summed E-state index contributed by atoms with van der Waals surface area (Å²) >= 11 is 0. The van der Waals surface area contributed by atoms with Crippen molar-refractivity contribution >= 4 is 75.9 Å². The molecule has 3 aromatic heterocycles. The maximum atomic E-state index is 5.51. The van der Waals surface area contributed by atoms with Crippen LogP contribution in [0.2, 0.25) is 0 Å². The number of benzene rings is 10. The van der Waals surface area contributed by atoms with E-state index in [1.54, 1.807) is 0 Å². The molecule has 10 aromatic carbocycles. The molecule has 0 saturated carbocycles. The van der Waals surface area contributed by atoms with Gasteiger partial charge in [0, 0.05) is 49.6 Å². The van der Waals surface area contributed by atoms with Crippen molar-refractivity contribution in [3.8, 4) is 45.5 Å². The highest BCUT2D eigenvalue weighted by Crippen LogP contribution is 2.41. The van der Waals surface area contributed by atoms with Crippen LogP contribution < -0.4 is 0 Å². The van der Waals surface area contributed by atoms with E-state index in [0.29, 0.717) is 17.5 Å². The van der Waals surface area contributed by atoms with Crippen LogP contribution in [0.3, 0.4) is 0 Å². The molecular formula is C57H35N5. The molecule has 5 heteroatoms. The summed E-state index contributed by atoms with van der Waals surface area (Å²) in [6.07, 6.45) is 0. The van der Waals surface area contributed by atoms with E-state index in [0.717, 1.165) is 71.7 Å². The minimum absolute atomic E-state index is 0.613. The monoisotopic (exact) mass is 789 g/mol. The van der Waals surface area contributed by atoms with Crippen molar-refractivity contribution in [3.05, 3.63) is 212 Å². The first-order valence-electron chi connectivity index (χ1n) is 21.0. The van der Waals surface area contributed by atoms with E-state index >= 15 is 0 Å². The molecule has 0 aliphatic heterocycles. The van der Waals surface area contributed by atoms with Crippen molar-refractivity contribution in [1.82, 2.24) is 24.1 Å². The Balaban J connectivity index is 1.12. The van der Waals surface area contributed by atoms with Gasteiger partial charge in [-0.2, -0.15) is 0 Å². The molecule has 0 unspecified atom stereocenters. The minimum Gasteiger partial charge on any atom is -0.309 e. The molecular weight excluding hydrogens is 755 g/mol. The fraction of sp³-hybridized carbons (Fsp3) is 0. The lowest BCUT2D eigenvalue weighted by Crippen LogP contribution is -2.03. The first-order chi connectivity index (χ1) is 30.7. The predicted molar refractivity (Wildman–Crippen MR) is 257 cm³/mol. The molecule has 0 bridgehead atoms. The molecule has 0 saturated heterocycles. The topological polar surface area (TPSA) is 48.5 Å². The summed E-state index contributed by atoms with van der Waals surface area (Å²) in [7, 11) is 0. The summed E-state index contributed by atoms with van der Waals surface area (Å²) in [5.41, 5.74) is 9.40. The summed E-state index contributed by atoms with van der Waals surface area (Å²) in [5, 5.41) is 11.6. The molecule has 0 atom stereocenters. The molecule has 62 heavy (non-hydrogen) atoms. The van der Waals surface area contributed by atoms with Gasteiger partial charge in [0.05, 0.1) is 22.1 Å². The first kappa shape index (κ1) is 34.5. The number of rotatable bonds is 5. The SMILES string of the molecule is c1ccc(-n2c3ccccc3c3cccc(-c4nc(-c5ccc6ccccc6c5)nc(-c5cc(-n6c7ccccc7c7cc8ccccc8cc76)cc6ccccc56)n4)c32)cc1. The second-order valence-corrected chi connectivity index (χ2v) is 16.0. The van der Waals surface area contributed by atoms with Crippen molar-refractivity contribution in [2.45, 2.75) is 0 Å². The Morgan fingerprint density at radius 2 is 0.839 bits per heavy atom. The fourth-order valence-electron chi connectivity index (χ4n) is 9.66. The van der Waals surface area contributed by atoms with Gasteiger partial charge in [0.2, 0.25) is 0 Å². The lowest BCUT2D eigenvalue weighted by molar-refractivity contribution is 1.07. The molecule has 288 valence electrons. The molecule has 0 N–H and O–H groups in total. The average Bonchev–Trinajstić information content (AvgIpc) is 3.85. The lowest BCUT2D eigenvalue weighted by Gasteiger charge is -2.15. The van der Waals surface area contributed by atoms with Gasteiger partial charge in [0.25, 0.3) is 0 Å². The van der Waals surface area contributed by atoms with E-state index in [1.165, 1.54) is 32.3 Å². The molecule has 0 fully saturated rings. The molecule has 13 rings (SSSR count). The van der Waals surface area contributed by atoms with Crippen LogP contribution in [-0.4, -0.2) is 24.1 Å². The standard InChI is InChI=1S/C57H35N5/c1-2-20-42(21-3-1)62-52-28-13-10-23-45(52)47-25-14-26-48(54(47)62)56-58-55(41-30-29-36-15-4-5-16-37(36)31-41)59-57(60-56)50-35-43(32-40-19-8-9-22-44(40)50)61-51-27-12-11-24-46(51)49-33-38-17-6-7-18-39(38)34-53(49)61/h1-35H. The van der Waals surface area contributed by atoms with E-state index in [4.69, 9.17) is 15.0 Å². The summed E-state index contributed by atoms with van der Waals surface area (Å²) in [6, 6.07) is 75.7. The third-order valence-corrected chi connectivity index (χ3v) is 12.5. The fourth-order valence-corrected chi connectivity index (χ4v) is 9.66. The van der Waals surface area contributed by atoms with Gasteiger partial charge in [0.15, 0.2) is 17.5 Å². The Bertz CT molecular complexity index is 3930. The van der Waals surface area contributed by atoms with Crippen molar-refractivity contribution in [2.24, 2.45) is 0 Å². The van der Waals surface area contributed by atoms with Gasteiger partial charge in [-0.1, -0.05) is 152 Å². The number of hydrogen-bond acceptors (Lipinski definition) is 3. The number of para-hydroxylation sites is 4. The Hall–Kier alpha value is -8.41. The van der Waals surface area contributed by atoms with Crippen LogP contribution in [0.4, 0.5) is 0 Å². The van der Waals surface area contributed by atoms with E-state index in [9.17, 15) is 0 Å². The predicted octanol–water partition coefficient (Wildman–Crippen LogP) is 14.5. The van der Waals surface area contributed by atoms with Gasteiger partial charge in [-0.15, -0.1) is 0 Å². The molecule has 0 amide bonds. The largest absolute Gasteiger partial charge is 0.309 e. The second kappa shape index (κ2) is 13.6. The zero-order chi connectivity index (χ0) is 40.7. The summed E-state index contributed by atoms with van der Waals surface area (Å²) in [4.78, 5) is 16.3. The zero-order valence-electron chi connectivity index (χ0n) is 33.4. The van der Waals surface area contributed by atoms with Crippen molar-refractivity contribution in [1.29, 1.82) is 0 Å². The lowest BCUT2D eigenvalue weighted by atomic mass is 10.0. The Morgan fingerprint density at radius 3 is 1.61 bits per heavy atom. The Morgan fingerprint density at radius 1 is 0.274 bits per heavy atom. The van der Waals surface area contributed by atoms with Crippen LogP contribution >= 0.6 is 0 Å². The highest BCUT2D eigenvalue weighted by Gasteiger charge is 2.22. The summed E-state index contributed by atoms with van der Waals surface area (Å²) < 4.78 is 4.75. The van der Waals surface area contributed by atoms with Gasteiger partial charge < -0.3 is 9.13 Å². The summed E-state index contributed by atoms with van der Waals surface area (Å²) in [6.45, 7) is 0. The number of nitrogens with zero attached hydrogens (tertiary/aromatic N) is 5. The molecule has 0 aliphatic rings. The van der Waals surface area contributed by atoms with Gasteiger partial charge in [-0.25, -0.2) is 15.0 Å². The maximum Gasteiger partial charge on any atom is 0.166 e. The van der Waals surface area contributed by atoms with E-state index in [2.05, 4.69) is 221 Å². The molecule has 0 aliphatic carbocycles. The number of hydrogen-bond donors (Lipinski definition) is 0. The van der Waals surface area contributed by atoms with E-state index < -0.39 is 0 Å². The normalized spacial score (nSPS) is 11.9. The highest BCUT2D eigenvalue weighted by molar-refractivity contribution is 6.15. The molecule has 0 spiro atoms. The van der Waals surface area contributed by atoms with Crippen molar-refractivity contribution < 1.29 is 0 Å². The van der Waals surface area contributed by atoms with Crippen molar-refractivity contribution in [3.63, 3.8) is 0 Å². The Labute approximate surface area is 356 Å². The van der Waals surface area contributed by atoms with Crippen LogP contribution in [0.15, 0.2) is 212 Å². The Kier molecular flexibility index (Phi) is 7.54. The third kappa shape index (κ3) is 5.32. The number of aromatic nitrogens is 5. The van der Waals surface area contributed by atoms with E-state index in [-0.39, 0.29) is 0 Å². The summed E-state index contributed by atoms with van der Waals surface area (Å²) in [5.74, 6) is 1.84. The molecule has 5 nitrogen and oxygen atoms in total. The maximum absolute atomic E-state index is 5.51. The van der Waals surface area contributed by atoms with Crippen LogP contribution in [0.25, 0.3) is 121 Å². The first-order valence-corrected chi connectivity index (χ1v) is 21.0. The highest BCUT2D eigenvalue weighted by atomic mass is 15.1. The quantitative estimate of drug-likeness (QED) is 0.174. The smallest absolute Gasteiger partial charge is 0.166 e. The molecule has 0 radical (unpaired) electrons. The van der Waals surface area contributed by atoms with Gasteiger partial charge in [0.1, 0.15) is 0 Å².